The number of rotatable bonds is 8. The third-order valence-electron chi connectivity index (χ3n) is 2.65. The van der Waals surface area contributed by atoms with Crippen LogP contribution >= 0.6 is 12.6 Å². The highest BCUT2D eigenvalue weighted by molar-refractivity contribution is 7.80. The fraction of sp³-hybridized carbons (Fsp3) is 0.500. The zero-order valence-corrected chi connectivity index (χ0v) is 12.2. The van der Waals surface area contributed by atoms with E-state index < -0.39 is 0 Å². The molecule has 0 unspecified atom stereocenters. The van der Waals surface area contributed by atoms with Gasteiger partial charge in [-0.3, -0.25) is 4.79 Å². The minimum Gasteiger partial charge on any atom is -0.494 e. The number of thiol groups is 1. The van der Waals surface area contributed by atoms with Gasteiger partial charge >= 0.3 is 0 Å². The topological polar surface area (TPSA) is 64.3 Å². The van der Waals surface area contributed by atoms with Crippen molar-refractivity contribution < 1.29 is 9.53 Å². The van der Waals surface area contributed by atoms with E-state index in [0.717, 1.165) is 36.5 Å². The molecule has 3 N–H and O–H groups in total. The Morgan fingerprint density at radius 2 is 2.05 bits per heavy atom. The summed E-state index contributed by atoms with van der Waals surface area (Å²) in [7, 11) is 0. The van der Waals surface area contributed by atoms with Crippen molar-refractivity contribution in [2.75, 3.05) is 17.7 Å². The van der Waals surface area contributed by atoms with Crippen LogP contribution in [0, 0.1) is 0 Å². The van der Waals surface area contributed by atoms with E-state index in [2.05, 4.69) is 17.9 Å². The van der Waals surface area contributed by atoms with E-state index in [1.807, 2.05) is 24.3 Å². The fourth-order valence-electron chi connectivity index (χ4n) is 1.63. The Kier molecular flexibility index (Phi) is 7.36. The van der Waals surface area contributed by atoms with Crippen LogP contribution in [0.3, 0.4) is 0 Å². The molecule has 1 amide bonds. The molecule has 1 aromatic carbocycles. The van der Waals surface area contributed by atoms with Crippen LogP contribution in [0.15, 0.2) is 24.3 Å². The van der Waals surface area contributed by atoms with Crippen molar-refractivity contribution >= 4 is 24.2 Å². The molecule has 0 aromatic heterocycles. The van der Waals surface area contributed by atoms with Crippen molar-refractivity contribution in [3.05, 3.63) is 24.3 Å². The summed E-state index contributed by atoms with van der Waals surface area (Å²) in [6, 6.07) is 7.54. The number of carbonyl (C=O) groups is 1. The van der Waals surface area contributed by atoms with E-state index in [1.165, 1.54) is 6.92 Å². The first-order valence-corrected chi connectivity index (χ1v) is 7.12. The third kappa shape index (κ3) is 7.08. The molecule has 4 nitrogen and oxygen atoms in total. The number of anilines is 1. The van der Waals surface area contributed by atoms with E-state index in [0.29, 0.717) is 6.61 Å². The van der Waals surface area contributed by atoms with Gasteiger partial charge in [0.25, 0.3) is 0 Å². The maximum atomic E-state index is 10.9. The molecule has 106 valence electrons. The lowest BCUT2D eigenvalue weighted by atomic mass is 10.1. The van der Waals surface area contributed by atoms with Crippen molar-refractivity contribution in [2.45, 2.75) is 32.2 Å². The molecule has 0 radical (unpaired) electrons. The maximum absolute atomic E-state index is 10.9. The smallest absolute Gasteiger partial charge is 0.221 e. The van der Waals surface area contributed by atoms with Gasteiger partial charge in [0.2, 0.25) is 5.91 Å². The Labute approximate surface area is 120 Å². The minimum atomic E-state index is -0.0748. The first-order valence-electron chi connectivity index (χ1n) is 6.48. The monoisotopic (exact) mass is 282 g/mol. The largest absolute Gasteiger partial charge is 0.494 e. The summed E-state index contributed by atoms with van der Waals surface area (Å²) < 4.78 is 5.61. The number of hydrogen-bond acceptors (Lipinski definition) is 4. The van der Waals surface area contributed by atoms with Gasteiger partial charge in [0, 0.05) is 24.4 Å². The summed E-state index contributed by atoms with van der Waals surface area (Å²) in [5.41, 5.74) is 6.55. The van der Waals surface area contributed by atoms with Gasteiger partial charge in [0.1, 0.15) is 5.75 Å². The summed E-state index contributed by atoms with van der Waals surface area (Å²) >= 11 is 4.14. The second kappa shape index (κ2) is 8.82. The molecule has 0 saturated heterocycles. The molecule has 0 heterocycles. The van der Waals surface area contributed by atoms with Gasteiger partial charge in [-0.1, -0.05) is 0 Å². The second-order valence-electron chi connectivity index (χ2n) is 4.49. The maximum Gasteiger partial charge on any atom is 0.221 e. The van der Waals surface area contributed by atoms with E-state index in [1.54, 1.807) is 0 Å². The lowest BCUT2D eigenvalue weighted by Crippen LogP contribution is -2.21. The molecule has 1 rings (SSSR count). The van der Waals surface area contributed by atoms with Gasteiger partial charge < -0.3 is 15.8 Å². The van der Waals surface area contributed by atoms with Gasteiger partial charge in [-0.05, 0) is 43.5 Å². The molecule has 1 aromatic rings. The predicted molar refractivity (Wildman–Crippen MR) is 81.9 cm³/mol. The van der Waals surface area contributed by atoms with E-state index in [4.69, 9.17) is 10.5 Å². The van der Waals surface area contributed by atoms with Crippen molar-refractivity contribution in [3.63, 3.8) is 0 Å². The molecule has 0 aliphatic heterocycles. The number of carbonyl (C=O) groups excluding carboxylic acids is 1. The van der Waals surface area contributed by atoms with Crippen LogP contribution in [-0.4, -0.2) is 24.3 Å². The molecule has 5 heteroatoms. The first kappa shape index (κ1) is 15.9. The molecular weight excluding hydrogens is 260 g/mol. The second-order valence-corrected chi connectivity index (χ2v) is 4.86. The molecule has 1 atom stereocenters. The van der Waals surface area contributed by atoms with Gasteiger partial charge in [0.15, 0.2) is 0 Å². The standard InChI is InChI=1S/C14H22N2O2S/c1-11(17)16-13-5-7-14(8-6-13)18-9-3-2-4-12(15)10-19/h5-8,12,19H,2-4,9-10,15H2,1H3,(H,16,17)/t12-/m0/s1. The summed E-state index contributed by atoms with van der Waals surface area (Å²) in [4.78, 5) is 10.9. The lowest BCUT2D eigenvalue weighted by molar-refractivity contribution is -0.114. The number of benzene rings is 1. The molecular formula is C14H22N2O2S. The number of hydrogen-bond donors (Lipinski definition) is 3. The minimum absolute atomic E-state index is 0.0748. The van der Waals surface area contributed by atoms with Crippen LogP contribution in [0.1, 0.15) is 26.2 Å². The summed E-state index contributed by atoms with van der Waals surface area (Å²) in [6.07, 6.45) is 3.01. The molecule has 0 aliphatic rings. The highest BCUT2D eigenvalue weighted by atomic mass is 32.1. The zero-order valence-electron chi connectivity index (χ0n) is 11.3. The van der Waals surface area contributed by atoms with Crippen LogP contribution in [0.2, 0.25) is 0 Å². The Hall–Kier alpha value is -1.20. The summed E-state index contributed by atoms with van der Waals surface area (Å²) in [5, 5.41) is 2.71. The number of amides is 1. The van der Waals surface area contributed by atoms with E-state index in [9.17, 15) is 4.79 Å². The van der Waals surface area contributed by atoms with Crippen LogP contribution < -0.4 is 15.8 Å². The molecule has 0 aliphatic carbocycles. The van der Waals surface area contributed by atoms with Crippen molar-refractivity contribution in [1.29, 1.82) is 0 Å². The van der Waals surface area contributed by atoms with Gasteiger partial charge in [0.05, 0.1) is 6.61 Å². The fourth-order valence-corrected chi connectivity index (χ4v) is 1.81. The third-order valence-corrected chi connectivity index (χ3v) is 3.12. The van der Waals surface area contributed by atoms with Crippen LogP contribution in [0.4, 0.5) is 5.69 Å². The number of nitrogens with one attached hydrogen (secondary N) is 1. The van der Waals surface area contributed by atoms with Crippen molar-refractivity contribution in [3.8, 4) is 5.75 Å². The van der Waals surface area contributed by atoms with E-state index >= 15 is 0 Å². The average molecular weight is 282 g/mol. The first-order chi connectivity index (χ1) is 9.11. The Morgan fingerprint density at radius 1 is 1.37 bits per heavy atom. The Morgan fingerprint density at radius 3 is 2.63 bits per heavy atom. The SMILES string of the molecule is CC(=O)Nc1ccc(OCCCC[C@H](N)CS)cc1. The molecule has 0 spiro atoms. The quantitative estimate of drug-likeness (QED) is 0.507. The molecule has 19 heavy (non-hydrogen) atoms. The van der Waals surface area contributed by atoms with Crippen LogP contribution in [0.25, 0.3) is 0 Å². The highest BCUT2D eigenvalue weighted by Gasteiger charge is 2.00. The normalized spacial score (nSPS) is 11.9. The van der Waals surface area contributed by atoms with Crippen molar-refractivity contribution in [2.24, 2.45) is 5.73 Å². The predicted octanol–water partition coefficient (Wildman–Crippen LogP) is 2.45. The molecule has 0 fully saturated rings. The number of ether oxygens (including phenoxy) is 1. The summed E-state index contributed by atoms with van der Waals surface area (Å²) in [5.74, 6) is 1.47. The zero-order chi connectivity index (χ0) is 14.1. The average Bonchev–Trinajstić information content (AvgIpc) is 2.39. The van der Waals surface area contributed by atoms with E-state index in [-0.39, 0.29) is 11.9 Å². The number of nitrogens with two attached hydrogens (primary N) is 1. The Bertz CT molecular complexity index is 382. The molecule has 0 bridgehead atoms. The van der Waals surface area contributed by atoms with Gasteiger partial charge in [-0.2, -0.15) is 12.6 Å². The highest BCUT2D eigenvalue weighted by Crippen LogP contribution is 2.16. The number of unbranched alkanes of at least 4 members (excludes halogenated alkanes) is 1. The van der Waals surface area contributed by atoms with Gasteiger partial charge in [-0.15, -0.1) is 0 Å². The van der Waals surface area contributed by atoms with Crippen molar-refractivity contribution in [1.82, 2.24) is 0 Å². The van der Waals surface area contributed by atoms with Crippen LogP contribution in [0.5, 0.6) is 5.75 Å². The summed E-state index contributed by atoms with van der Waals surface area (Å²) in [6.45, 7) is 2.17. The Balaban J connectivity index is 2.21. The molecule has 0 saturated carbocycles. The van der Waals surface area contributed by atoms with Gasteiger partial charge in [-0.25, -0.2) is 0 Å². The van der Waals surface area contributed by atoms with Crippen LogP contribution in [-0.2, 0) is 4.79 Å². The lowest BCUT2D eigenvalue weighted by Gasteiger charge is -2.09.